The Hall–Kier alpha value is -1.88. The van der Waals surface area contributed by atoms with Gasteiger partial charge in [0.1, 0.15) is 12.4 Å². The molecule has 4 nitrogen and oxygen atoms in total. The Morgan fingerprint density at radius 3 is 3.08 bits per heavy atom. The maximum Gasteiger partial charge on any atom is 0.253 e. The first kappa shape index (κ1) is 17.9. The van der Waals surface area contributed by atoms with Gasteiger partial charge >= 0.3 is 0 Å². The molecule has 1 atom stereocenters. The van der Waals surface area contributed by atoms with Gasteiger partial charge in [-0.05, 0) is 43.4 Å². The van der Waals surface area contributed by atoms with E-state index in [0.29, 0.717) is 12.2 Å². The van der Waals surface area contributed by atoms with Crippen LogP contribution in [0, 0.1) is 5.92 Å². The van der Waals surface area contributed by atoms with Gasteiger partial charge in [0.25, 0.3) is 5.91 Å². The molecule has 0 aliphatic carbocycles. The van der Waals surface area contributed by atoms with Crippen molar-refractivity contribution in [2.75, 3.05) is 13.1 Å². The number of likely N-dealkylation sites (tertiary alicyclic amines) is 1. The molecule has 0 spiro atoms. The van der Waals surface area contributed by atoms with E-state index >= 15 is 0 Å². The maximum absolute atomic E-state index is 12.9. The number of carbonyl (C=O) groups is 1. The second-order valence-corrected chi connectivity index (χ2v) is 7.39. The topological polar surface area (TPSA) is 42.4 Å². The van der Waals surface area contributed by atoms with Crippen LogP contribution in [0.25, 0.3) is 0 Å². The van der Waals surface area contributed by atoms with E-state index in [1.165, 1.54) is 19.3 Å². The number of benzene rings is 1. The standard InChI is InChI=1S/C20H26N2O2S/c1-2-5-16-6-4-10-22(11-9-16)20(23)17-7-3-8-19(12-17)24-13-18-14-25-15-21-18/h3,7-8,12,14-16H,2,4-6,9-11,13H2,1H3. The first-order valence-corrected chi connectivity index (χ1v) is 10.1. The number of ether oxygens (including phenoxy) is 1. The molecule has 2 heterocycles. The second-order valence-electron chi connectivity index (χ2n) is 6.67. The Kier molecular flexibility index (Phi) is 6.45. The van der Waals surface area contributed by atoms with Crippen LogP contribution in [0.3, 0.4) is 0 Å². The summed E-state index contributed by atoms with van der Waals surface area (Å²) in [5, 5.41) is 1.97. The van der Waals surface area contributed by atoms with E-state index in [1.54, 1.807) is 16.8 Å². The van der Waals surface area contributed by atoms with E-state index in [-0.39, 0.29) is 5.91 Å². The second kappa shape index (κ2) is 8.99. The third-order valence-electron chi connectivity index (χ3n) is 4.78. The summed E-state index contributed by atoms with van der Waals surface area (Å²) in [7, 11) is 0. The highest BCUT2D eigenvalue weighted by atomic mass is 32.1. The number of thiazole rings is 1. The molecule has 0 bridgehead atoms. The summed E-state index contributed by atoms with van der Waals surface area (Å²) in [6, 6.07) is 7.51. The van der Waals surface area contributed by atoms with Crippen LogP contribution in [0.4, 0.5) is 0 Å². The highest BCUT2D eigenvalue weighted by Gasteiger charge is 2.21. The molecule has 2 aromatic rings. The van der Waals surface area contributed by atoms with E-state index in [1.807, 2.05) is 34.5 Å². The Bertz CT molecular complexity index is 672. The SMILES string of the molecule is CCCC1CCCN(C(=O)c2cccc(OCc3cscn3)c2)CC1. The number of hydrogen-bond acceptors (Lipinski definition) is 4. The molecular formula is C20H26N2O2S. The average Bonchev–Trinajstić information content (AvgIpc) is 3.05. The summed E-state index contributed by atoms with van der Waals surface area (Å²) >= 11 is 1.56. The maximum atomic E-state index is 12.9. The zero-order valence-corrected chi connectivity index (χ0v) is 15.6. The van der Waals surface area contributed by atoms with Crippen LogP contribution in [0.1, 0.15) is 55.1 Å². The first-order valence-electron chi connectivity index (χ1n) is 9.15. The van der Waals surface area contributed by atoms with E-state index in [4.69, 9.17) is 4.74 Å². The van der Waals surface area contributed by atoms with Gasteiger partial charge in [0.05, 0.1) is 11.2 Å². The summed E-state index contributed by atoms with van der Waals surface area (Å²) in [5.41, 5.74) is 3.42. The number of aromatic nitrogens is 1. The zero-order valence-electron chi connectivity index (χ0n) is 14.8. The van der Waals surface area contributed by atoms with Crippen molar-refractivity contribution in [3.63, 3.8) is 0 Å². The fourth-order valence-electron chi connectivity index (χ4n) is 3.43. The van der Waals surface area contributed by atoms with Crippen molar-refractivity contribution >= 4 is 17.2 Å². The Labute approximate surface area is 153 Å². The van der Waals surface area contributed by atoms with Crippen LogP contribution in [-0.4, -0.2) is 28.9 Å². The molecule has 0 N–H and O–H groups in total. The fourth-order valence-corrected chi connectivity index (χ4v) is 3.98. The molecule has 0 saturated carbocycles. The van der Waals surface area contributed by atoms with Gasteiger partial charge in [-0.25, -0.2) is 4.98 Å². The minimum Gasteiger partial charge on any atom is -0.487 e. The Morgan fingerprint density at radius 1 is 1.36 bits per heavy atom. The number of hydrogen-bond donors (Lipinski definition) is 0. The number of amides is 1. The first-order chi connectivity index (χ1) is 12.3. The van der Waals surface area contributed by atoms with Crippen LogP contribution in [-0.2, 0) is 6.61 Å². The van der Waals surface area contributed by atoms with Gasteiger partial charge in [-0.15, -0.1) is 11.3 Å². The highest BCUT2D eigenvalue weighted by Crippen LogP contribution is 2.24. The lowest BCUT2D eigenvalue weighted by atomic mass is 9.96. The summed E-state index contributed by atoms with van der Waals surface area (Å²) < 4.78 is 5.78. The van der Waals surface area contributed by atoms with E-state index < -0.39 is 0 Å². The lowest BCUT2D eigenvalue weighted by Gasteiger charge is -2.21. The van der Waals surface area contributed by atoms with Crippen LogP contribution in [0.15, 0.2) is 35.2 Å². The van der Waals surface area contributed by atoms with Crippen LogP contribution in [0.5, 0.6) is 5.75 Å². The highest BCUT2D eigenvalue weighted by molar-refractivity contribution is 7.07. The van der Waals surface area contributed by atoms with Gasteiger partial charge in [-0.1, -0.05) is 25.8 Å². The van der Waals surface area contributed by atoms with Gasteiger partial charge < -0.3 is 9.64 Å². The van der Waals surface area contributed by atoms with Crippen molar-refractivity contribution in [3.8, 4) is 5.75 Å². The predicted octanol–water partition coefficient (Wildman–Crippen LogP) is 4.76. The number of nitrogens with zero attached hydrogens (tertiary/aromatic N) is 2. The third kappa shape index (κ3) is 5.05. The smallest absolute Gasteiger partial charge is 0.253 e. The normalized spacial score (nSPS) is 18.0. The molecule has 1 amide bonds. The summed E-state index contributed by atoms with van der Waals surface area (Å²) in [6.07, 6.45) is 5.99. The molecule has 1 aromatic carbocycles. The molecule has 134 valence electrons. The monoisotopic (exact) mass is 358 g/mol. The summed E-state index contributed by atoms with van der Waals surface area (Å²) in [4.78, 5) is 19.1. The van der Waals surface area contributed by atoms with Gasteiger partial charge in [0, 0.05) is 24.0 Å². The minimum absolute atomic E-state index is 0.122. The molecule has 1 aliphatic heterocycles. The third-order valence-corrected chi connectivity index (χ3v) is 5.42. The molecule has 25 heavy (non-hydrogen) atoms. The Morgan fingerprint density at radius 2 is 2.28 bits per heavy atom. The van der Waals surface area contributed by atoms with Gasteiger partial charge in [-0.3, -0.25) is 4.79 Å². The van der Waals surface area contributed by atoms with Crippen molar-refractivity contribution in [1.29, 1.82) is 0 Å². The fraction of sp³-hybridized carbons (Fsp3) is 0.500. The van der Waals surface area contributed by atoms with Crippen molar-refractivity contribution < 1.29 is 9.53 Å². The molecule has 0 radical (unpaired) electrons. The van der Waals surface area contributed by atoms with Crippen LogP contribution >= 0.6 is 11.3 Å². The quantitative estimate of drug-likeness (QED) is 0.747. The van der Waals surface area contributed by atoms with Gasteiger partial charge in [0.15, 0.2) is 0 Å². The van der Waals surface area contributed by atoms with Crippen molar-refractivity contribution in [3.05, 3.63) is 46.4 Å². The Balaban J connectivity index is 1.60. The van der Waals surface area contributed by atoms with Crippen molar-refractivity contribution in [1.82, 2.24) is 9.88 Å². The van der Waals surface area contributed by atoms with E-state index in [2.05, 4.69) is 11.9 Å². The molecule has 1 aliphatic rings. The molecule has 1 unspecified atom stereocenters. The molecule has 1 aromatic heterocycles. The van der Waals surface area contributed by atoms with Crippen LogP contribution < -0.4 is 4.74 Å². The van der Waals surface area contributed by atoms with Gasteiger partial charge in [0.2, 0.25) is 0 Å². The molecule has 1 fully saturated rings. The number of carbonyl (C=O) groups excluding carboxylic acids is 1. The van der Waals surface area contributed by atoms with E-state index in [0.717, 1.165) is 43.3 Å². The lowest BCUT2D eigenvalue weighted by Crippen LogP contribution is -2.32. The van der Waals surface area contributed by atoms with Crippen molar-refractivity contribution in [2.24, 2.45) is 5.92 Å². The van der Waals surface area contributed by atoms with Crippen molar-refractivity contribution in [2.45, 2.75) is 45.6 Å². The number of rotatable bonds is 6. The minimum atomic E-state index is 0.122. The van der Waals surface area contributed by atoms with E-state index in [9.17, 15) is 4.79 Å². The lowest BCUT2D eigenvalue weighted by molar-refractivity contribution is 0.0759. The van der Waals surface area contributed by atoms with Gasteiger partial charge in [-0.2, -0.15) is 0 Å². The molecule has 5 heteroatoms. The molecule has 3 rings (SSSR count). The molecule has 1 saturated heterocycles. The average molecular weight is 359 g/mol. The largest absolute Gasteiger partial charge is 0.487 e. The van der Waals surface area contributed by atoms with Crippen LogP contribution in [0.2, 0.25) is 0 Å². The predicted molar refractivity (Wildman–Crippen MR) is 101 cm³/mol. The molecular weight excluding hydrogens is 332 g/mol. The zero-order chi connectivity index (χ0) is 17.5. The summed E-state index contributed by atoms with van der Waals surface area (Å²) in [5.74, 6) is 1.62. The summed E-state index contributed by atoms with van der Waals surface area (Å²) in [6.45, 7) is 4.41.